The number of carbonyl (C=O) groups excluding carboxylic acids is 1. The third-order valence-electron chi connectivity index (χ3n) is 5.68. The van der Waals surface area contributed by atoms with Crippen molar-refractivity contribution in [2.75, 3.05) is 35.0 Å². The first kappa shape index (κ1) is 28.8. The largest absolute Gasteiger partial charge is 0.496 e. The number of fused-ring (bicyclic) bond motifs is 1. The molecule has 0 bridgehead atoms. The van der Waals surface area contributed by atoms with Gasteiger partial charge in [0.05, 0.1) is 13.7 Å². The van der Waals surface area contributed by atoms with Crippen molar-refractivity contribution < 1.29 is 52.0 Å². The molecule has 1 aromatic rings. The quantitative estimate of drug-likeness (QED) is 0.167. The van der Waals surface area contributed by atoms with Crippen LogP contribution < -0.4 is 9.47 Å². The van der Waals surface area contributed by atoms with Gasteiger partial charge in [-0.15, -0.1) is 0 Å². The van der Waals surface area contributed by atoms with Gasteiger partial charge in [-0.1, -0.05) is 11.6 Å². The number of carboxylic acids is 1. The maximum atomic E-state index is 12.7. The second-order valence-corrected chi connectivity index (χ2v) is 10.1. The number of cyclic esters (lactones) is 1. The maximum absolute atomic E-state index is 12.7. The molecule has 0 saturated heterocycles. The molecule has 1 aliphatic rings. The van der Waals surface area contributed by atoms with Crippen molar-refractivity contribution in [2.45, 2.75) is 52.4 Å². The molecule has 1 N–H and O–H groups in total. The van der Waals surface area contributed by atoms with Gasteiger partial charge in [0.15, 0.2) is 5.66 Å². The molecule has 1 aliphatic heterocycles. The van der Waals surface area contributed by atoms with Crippen LogP contribution in [0.2, 0.25) is 0 Å². The van der Waals surface area contributed by atoms with E-state index in [1.165, 1.54) is 14.2 Å². The first-order valence-corrected chi connectivity index (χ1v) is 12.5. The highest BCUT2D eigenvalue weighted by atomic mass is 31.2. The lowest BCUT2D eigenvalue weighted by Gasteiger charge is -2.23. The van der Waals surface area contributed by atoms with Gasteiger partial charge < -0.3 is 37.8 Å². The molecule has 2 unspecified atom stereocenters. The lowest BCUT2D eigenvalue weighted by atomic mass is 9.94. The summed E-state index contributed by atoms with van der Waals surface area (Å²) in [7, 11) is 1.33. The zero-order chi connectivity index (χ0) is 26.3. The Balaban J connectivity index is 2.54. The molecule has 0 amide bonds. The number of allylic oxidation sites excluding steroid dienone is 2. The monoisotopic (exact) mass is 516 g/mol. The molecule has 0 radical (unpaired) electrons. The normalized spacial score (nSPS) is 15.4. The minimum atomic E-state index is -3.86. The van der Waals surface area contributed by atoms with E-state index >= 15 is 0 Å². The summed E-state index contributed by atoms with van der Waals surface area (Å²) in [6, 6.07) is 0. The first-order chi connectivity index (χ1) is 16.6. The number of rotatable bonds is 14. The average molecular weight is 516 g/mol. The van der Waals surface area contributed by atoms with Crippen molar-refractivity contribution >= 4 is 19.5 Å². The van der Waals surface area contributed by atoms with Crippen LogP contribution >= 0.6 is 7.60 Å². The summed E-state index contributed by atoms with van der Waals surface area (Å²) in [6.07, 6.45) is 1.86. The number of hydrogen-bond donors (Lipinski definition) is 1. The highest BCUT2D eigenvalue weighted by Gasteiger charge is 2.40. The zero-order valence-electron chi connectivity index (χ0n) is 21.0. The Morgan fingerprint density at radius 1 is 1.20 bits per heavy atom. The summed E-state index contributed by atoms with van der Waals surface area (Å²) in [4.78, 5) is 24.4. The summed E-state index contributed by atoms with van der Waals surface area (Å²) < 4.78 is 50.0. The summed E-state index contributed by atoms with van der Waals surface area (Å²) in [5.74, 6) is -1.16. The molecule has 35 heavy (non-hydrogen) atoms. The van der Waals surface area contributed by atoms with E-state index in [0.29, 0.717) is 29.1 Å². The van der Waals surface area contributed by atoms with Crippen LogP contribution in [0, 0.1) is 6.92 Å². The lowest BCUT2D eigenvalue weighted by molar-refractivity contribution is -0.231. The highest BCUT2D eigenvalue weighted by Crippen LogP contribution is 2.53. The molecule has 2 atom stereocenters. The van der Waals surface area contributed by atoms with Crippen LogP contribution in [0.15, 0.2) is 11.6 Å². The van der Waals surface area contributed by atoms with E-state index in [0.717, 1.165) is 19.8 Å². The minimum Gasteiger partial charge on any atom is -0.496 e. The third kappa shape index (κ3) is 6.23. The fourth-order valence-electron chi connectivity index (χ4n) is 3.85. The lowest BCUT2D eigenvalue weighted by Crippen LogP contribution is -2.24. The predicted molar refractivity (Wildman–Crippen MR) is 125 cm³/mol. The van der Waals surface area contributed by atoms with Crippen molar-refractivity contribution in [3.8, 4) is 11.5 Å². The Morgan fingerprint density at radius 2 is 1.86 bits per heavy atom. The number of hydrogen-bond acceptors (Lipinski definition) is 10. The molecule has 0 spiro atoms. The molecular formula is C23H33O11P. The fraction of sp³-hybridized carbons (Fsp3) is 0.565. The average Bonchev–Trinajstić information content (AvgIpc) is 3.23. The Hall–Kier alpha value is -2.43. The van der Waals surface area contributed by atoms with Crippen LogP contribution in [0.5, 0.6) is 11.5 Å². The van der Waals surface area contributed by atoms with E-state index in [1.807, 2.05) is 6.92 Å². The molecule has 12 heteroatoms. The van der Waals surface area contributed by atoms with Gasteiger partial charge in [-0.2, -0.15) is 0 Å². The molecule has 1 heterocycles. The smallest absolute Gasteiger partial charge is 0.344 e. The standard InChI is InChI=1S/C23H33O11P/c1-8-32-23(29-5)34-20-15(19(28-4)14(3)16-12-33-22(26)18(16)20)10-9-13(2)11-17(21(24)25)35(27,30-6)31-7/h9,17,23H,8,10-12H2,1-7H3,(H,24,25)/b13-9+. The van der Waals surface area contributed by atoms with Crippen molar-refractivity contribution in [1.29, 1.82) is 0 Å². The van der Waals surface area contributed by atoms with Gasteiger partial charge in [0, 0.05) is 32.5 Å². The molecule has 196 valence electrons. The Labute approximate surface area is 204 Å². The Morgan fingerprint density at radius 3 is 2.37 bits per heavy atom. The van der Waals surface area contributed by atoms with Gasteiger partial charge in [-0.3, -0.25) is 9.36 Å². The summed E-state index contributed by atoms with van der Waals surface area (Å²) in [5.41, 5.74) is 1.37. The van der Waals surface area contributed by atoms with Gasteiger partial charge in [0.2, 0.25) is 0 Å². The van der Waals surface area contributed by atoms with Gasteiger partial charge in [0.25, 0.3) is 0 Å². The Kier molecular flexibility index (Phi) is 10.3. The second-order valence-electron chi connectivity index (χ2n) is 7.71. The predicted octanol–water partition coefficient (Wildman–Crippen LogP) is 3.84. The van der Waals surface area contributed by atoms with Crippen molar-refractivity contribution in [3.05, 3.63) is 33.9 Å². The van der Waals surface area contributed by atoms with E-state index in [9.17, 15) is 19.3 Å². The summed E-state index contributed by atoms with van der Waals surface area (Å²) in [5, 5.41) is 9.60. The molecule has 2 rings (SSSR count). The number of aliphatic carboxylic acids is 1. The SMILES string of the molecule is CCOC(OC)Oc1c(C/C=C(\C)CC(C(=O)O)P(=O)(OC)OC)c(OC)c(C)c2c1C(=O)OC2. The van der Waals surface area contributed by atoms with Gasteiger partial charge >= 0.3 is 26.0 Å². The van der Waals surface area contributed by atoms with E-state index in [2.05, 4.69) is 0 Å². The van der Waals surface area contributed by atoms with Crippen molar-refractivity contribution in [1.82, 2.24) is 0 Å². The number of ether oxygens (including phenoxy) is 5. The van der Waals surface area contributed by atoms with Gasteiger partial charge in [0.1, 0.15) is 23.7 Å². The molecular weight excluding hydrogens is 483 g/mol. The summed E-state index contributed by atoms with van der Waals surface area (Å²) in [6.45, 7) is 4.59. The van der Waals surface area contributed by atoms with Gasteiger partial charge in [-0.25, -0.2) is 4.79 Å². The van der Waals surface area contributed by atoms with Crippen LogP contribution in [0.3, 0.4) is 0 Å². The number of esters is 1. The van der Waals surface area contributed by atoms with E-state index in [-0.39, 0.29) is 30.8 Å². The van der Waals surface area contributed by atoms with Crippen LogP contribution in [0.4, 0.5) is 0 Å². The third-order valence-corrected chi connectivity index (χ3v) is 7.87. The number of carbonyl (C=O) groups is 2. The van der Waals surface area contributed by atoms with Crippen LogP contribution in [0.25, 0.3) is 0 Å². The molecule has 0 aliphatic carbocycles. The van der Waals surface area contributed by atoms with Crippen LogP contribution in [-0.4, -0.2) is 64.2 Å². The van der Waals surface area contributed by atoms with E-state index in [1.54, 1.807) is 19.9 Å². The fourth-order valence-corrected chi connectivity index (χ4v) is 5.29. The van der Waals surface area contributed by atoms with Crippen LogP contribution in [-0.2, 0) is 45.6 Å². The molecule has 11 nitrogen and oxygen atoms in total. The number of methoxy groups -OCH3 is 2. The van der Waals surface area contributed by atoms with Crippen LogP contribution in [0.1, 0.15) is 47.3 Å². The number of carboxylic acid groups (broad SMARTS) is 1. The van der Waals surface area contributed by atoms with Gasteiger partial charge in [-0.05, 0) is 39.2 Å². The maximum Gasteiger partial charge on any atom is 0.344 e. The minimum absolute atomic E-state index is 0.0811. The molecule has 0 saturated carbocycles. The highest BCUT2D eigenvalue weighted by molar-refractivity contribution is 7.55. The second kappa shape index (κ2) is 12.5. The van der Waals surface area contributed by atoms with E-state index < -0.39 is 31.7 Å². The Bertz CT molecular complexity index is 1010. The molecule has 0 aromatic heterocycles. The van der Waals surface area contributed by atoms with Crippen molar-refractivity contribution in [2.24, 2.45) is 0 Å². The first-order valence-electron chi connectivity index (χ1n) is 10.9. The molecule has 1 aromatic carbocycles. The van der Waals surface area contributed by atoms with E-state index in [4.69, 9.17) is 32.7 Å². The zero-order valence-corrected chi connectivity index (χ0v) is 21.9. The topological polar surface area (TPSA) is 136 Å². The number of benzene rings is 1. The molecule has 0 fully saturated rings. The summed E-state index contributed by atoms with van der Waals surface area (Å²) >= 11 is 0. The van der Waals surface area contributed by atoms with Crippen molar-refractivity contribution in [3.63, 3.8) is 0 Å².